The summed E-state index contributed by atoms with van der Waals surface area (Å²) in [6.45, 7) is 3.47. The number of nitrogens with zero attached hydrogens (tertiary/aromatic N) is 1. The molecule has 0 aromatic heterocycles. The van der Waals surface area contributed by atoms with Gasteiger partial charge in [0, 0.05) is 24.4 Å². The van der Waals surface area contributed by atoms with Gasteiger partial charge >= 0.3 is 0 Å². The Hall–Kier alpha value is -2.88. The molecule has 2 aromatic rings. The van der Waals surface area contributed by atoms with Gasteiger partial charge in [0.1, 0.15) is 5.82 Å². The van der Waals surface area contributed by atoms with Crippen molar-refractivity contribution in [1.29, 1.82) is 0 Å². The number of nitrogens with one attached hydrogen (secondary N) is 1. The maximum Gasteiger partial charge on any atom is 0.219 e. The van der Waals surface area contributed by atoms with Crippen LogP contribution in [0.3, 0.4) is 0 Å². The van der Waals surface area contributed by atoms with E-state index in [2.05, 4.69) is 11.4 Å². The van der Waals surface area contributed by atoms with Gasteiger partial charge in [0.25, 0.3) is 0 Å². The predicted molar refractivity (Wildman–Crippen MR) is 92.5 cm³/mol. The standard InChI is InChI=1S/C20H18FN2O/c1-15-7-3-4-8-19(15)23-14-6-5-13-20(23,22-16(2)24)17-9-11-18(21)12-10-17/h3-4,6-14H,1-2H3,(H,22,24). The van der Waals surface area contributed by atoms with Crippen LogP contribution in [0.4, 0.5) is 10.1 Å². The highest BCUT2D eigenvalue weighted by molar-refractivity contribution is 5.76. The summed E-state index contributed by atoms with van der Waals surface area (Å²) in [5.74, 6) is -0.510. The van der Waals surface area contributed by atoms with Crippen LogP contribution < -0.4 is 10.2 Å². The van der Waals surface area contributed by atoms with Crippen molar-refractivity contribution in [3.63, 3.8) is 0 Å². The van der Waals surface area contributed by atoms with Crippen LogP contribution in [0.5, 0.6) is 0 Å². The molecule has 2 aromatic carbocycles. The number of para-hydroxylation sites is 1. The normalized spacial score (nSPS) is 19.4. The van der Waals surface area contributed by atoms with Gasteiger partial charge in [0.15, 0.2) is 5.66 Å². The quantitative estimate of drug-likeness (QED) is 0.932. The lowest BCUT2D eigenvalue weighted by atomic mass is 9.93. The molecule has 1 amide bonds. The van der Waals surface area contributed by atoms with Crippen LogP contribution >= 0.6 is 0 Å². The van der Waals surface area contributed by atoms with Crippen LogP contribution in [0.1, 0.15) is 18.1 Å². The second-order valence-corrected chi connectivity index (χ2v) is 5.74. The van der Waals surface area contributed by atoms with Gasteiger partial charge in [-0.2, -0.15) is 0 Å². The minimum atomic E-state index is -0.958. The molecule has 1 atom stereocenters. The lowest BCUT2D eigenvalue weighted by Gasteiger charge is -2.44. The molecular weight excluding hydrogens is 303 g/mol. The molecule has 3 nitrogen and oxygen atoms in total. The van der Waals surface area contributed by atoms with E-state index in [9.17, 15) is 9.18 Å². The van der Waals surface area contributed by atoms with E-state index in [4.69, 9.17) is 0 Å². The van der Waals surface area contributed by atoms with Crippen LogP contribution in [0.25, 0.3) is 0 Å². The third kappa shape index (κ3) is 2.83. The van der Waals surface area contributed by atoms with Gasteiger partial charge in [0.2, 0.25) is 5.91 Å². The Kier molecular flexibility index (Phi) is 4.21. The fourth-order valence-electron chi connectivity index (χ4n) is 2.94. The van der Waals surface area contributed by atoms with E-state index in [1.807, 2.05) is 42.3 Å². The summed E-state index contributed by atoms with van der Waals surface area (Å²) < 4.78 is 13.4. The lowest BCUT2D eigenvalue weighted by Crippen LogP contribution is -2.55. The van der Waals surface area contributed by atoms with Crippen LogP contribution in [0.15, 0.2) is 66.9 Å². The number of aryl methyl sites for hydroxylation is 1. The number of amides is 1. The first-order valence-electron chi connectivity index (χ1n) is 7.70. The zero-order valence-electron chi connectivity index (χ0n) is 13.6. The van der Waals surface area contributed by atoms with E-state index in [1.165, 1.54) is 19.1 Å². The van der Waals surface area contributed by atoms with Gasteiger partial charge < -0.3 is 10.2 Å². The molecule has 1 unspecified atom stereocenters. The average Bonchev–Trinajstić information content (AvgIpc) is 2.56. The molecule has 0 aliphatic carbocycles. The van der Waals surface area contributed by atoms with Crippen LogP contribution in [0, 0.1) is 18.8 Å². The Labute approximate surface area is 141 Å². The Bertz CT molecular complexity index is 811. The highest BCUT2D eigenvalue weighted by Crippen LogP contribution is 2.36. The molecule has 0 saturated carbocycles. The monoisotopic (exact) mass is 321 g/mol. The minimum absolute atomic E-state index is 0.189. The zero-order chi connectivity index (χ0) is 17.2. The van der Waals surface area contributed by atoms with E-state index in [-0.39, 0.29) is 11.7 Å². The third-order valence-corrected chi connectivity index (χ3v) is 4.02. The van der Waals surface area contributed by atoms with Crippen molar-refractivity contribution in [3.8, 4) is 0 Å². The molecule has 1 aliphatic rings. The average molecular weight is 321 g/mol. The van der Waals surface area contributed by atoms with E-state index in [0.29, 0.717) is 0 Å². The Morgan fingerprint density at radius 3 is 2.54 bits per heavy atom. The number of rotatable bonds is 3. The summed E-state index contributed by atoms with van der Waals surface area (Å²) in [6, 6.07) is 14.0. The highest BCUT2D eigenvalue weighted by atomic mass is 19.1. The first kappa shape index (κ1) is 16.0. The van der Waals surface area contributed by atoms with E-state index < -0.39 is 5.66 Å². The molecule has 24 heavy (non-hydrogen) atoms. The number of hydrogen-bond acceptors (Lipinski definition) is 2. The maximum absolute atomic E-state index is 13.4. The van der Waals surface area contributed by atoms with E-state index in [1.54, 1.807) is 24.3 Å². The van der Waals surface area contributed by atoms with Gasteiger partial charge in [0.05, 0.1) is 0 Å². The fourth-order valence-corrected chi connectivity index (χ4v) is 2.94. The van der Waals surface area contributed by atoms with Crippen molar-refractivity contribution in [1.82, 2.24) is 5.32 Å². The summed E-state index contributed by atoms with van der Waals surface area (Å²) in [4.78, 5) is 13.9. The number of halogens is 1. The number of carbonyl (C=O) groups excluding carboxylic acids is 1. The molecule has 1 heterocycles. The molecule has 121 valence electrons. The summed E-state index contributed by atoms with van der Waals surface area (Å²) in [6.07, 6.45) is 8.49. The molecule has 0 fully saturated rings. The molecule has 1 N–H and O–H groups in total. The first-order valence-corrected chi connectivity index (χ1v) is 7.70. The molecule has 0 bridgehead atoms. The number of anilines is 1. The molecule has 3 rings (SSSR count). The molecule has 0 spiro atoms. The molecular formula is C20H18FN2O. The van der Waals surface area contributed by atoms with E-state index >= 15 is 0 Å². The minimum Gasteiger partial charge on any atom is -0.326 e. The maximum atomic E-state index is 13.4. The Balaban J connectivity index is 2.19. The van der Waals surface area contributed by atoms with Crippen LogP contribution in [-0.2, 0) is 10.5 Å². The second kappa shape index (κ2) is 6.32. The van der Waals surface area contributed by atoms with Crippen LogP contribution in [-0.4, -0.2) is 5.91 Å². The lowest BCUT2D eigenvalue weighted by molar-refractivity contribution is -0.120. The molecule has 1 radical (unpaired) electrons. The third-order valence-electron chi connectivity index (χ3n) is 4.02. The molecule has 1 aliphatic heterocycles. The highest BCUT2D eigenvalue weighted by Gasteiger charge is 2.38. The summed E-state index contributed by atoms with van der Waals surface area (Å²) in [5, 5.41) is 3.00. The number of allylic oxidation sites excluding steroid dienone is 2. The zero-order valence-corrected chi connectivity index (χ0v) is 13.6. The first-order chi connectivity index (χ1) is 11.5. The summed E-state index contributed by atoms with van der Waals surface area (Å²) in [5.41, 5.74) is 1.80. The SMILES string of the molecule is CC(=O)NC1(c2ccc(F)cc2)C=[C]C=CN1c1ccccc1C. The largest absolute Gasteiger partial charge is 0.326 e. The smallest absolute Gasteiger partial charge is 0.219 e. The summed E-state index contributed by atoms with van der Waals surface area (Å²) in [7, 11) is 0. The van der Waals surface area contributed by atoms with E-state index in [0.717, 1.165) is 16.8 Å². The van der Waals surface area contributed by atoms with Crippen molar-refractivity contribution < 1.29 is 9.18 Å². The molecule has 0 saturated heterocycles. The number of carbonyl (C=O) groups is 1. The Morgan fingerprint density at radius 2 is 1.88 bits per heavy atom. The van der Waals surface area contributed by atoms with Crippen molar-refractivity contribution in [3.05, 3.63) is 89.9 Å². The van der Waals surface area contributed by atoms with Gasteiger partial charge in [-0.05, 0) is 48.9 Å². The van der Waals surface area contributed by atoms with Gasteiger partial charge in [-0.15, -0.1) is 0 Å². The summed E-state index contributed by atoms with van der Waals surface area (Å²) >= 11 is 0. The molecule has 4 heteroatoms. The van der Waals surface area contributed by atoms with Gasteiger partial charge in [-0.1, -0.05) is 30.3 Å². The van der Waals surface area contributed by atoms with Crippen molar-refractivity contribution >= 4 is 11.6 Å². The fraction of sp³-hybridized carbons (Fsp3) is 0.150. The number of benzene rings is 2. The second-order valence-electron chi connectivity index (χ2n) is 5.74. The number of hydrogen-bond donors (Lipinski definition) is 1. The van der Waals surface area contributed by atoms with Gasteiger partial charge in [-0.3, -0.25) is 4.79 Å². The van der Waals surface area contributed by atoms with Crippen molar-refractivity contribution in [2.75, 3.05) is 4.90 Å². The Morgan fingerprint density at radius 1 is 1.17 bits per heavy atom. The van der Waals surface area contributed by atoms with Crippen LogP contribution in [0.2, 0.25) is 0 Å². The van der Waals surface area contributed by atoms with Crippen molar-refractivity contribution in [2.45, 2.75) is 19.5 Å². The topological polar surface area (TPSA) is 32.3 Å². The predicted octanol–water partition coefficient (Wildman–Crippen LogP) is 3.82. The van der Waals surface area contributed by atoms with Gasteiger partial charge in [-0.25, -0.2) is 4.39 Å². The van der Waals surface area contributed by atoms with Crippen molar-refractivity contribution in [2.24, 2.45) is 0 Å².